The molecule has 0 aromatic carbocycles. The second-order valence-electron chi connectivity index (χ2n) is 3.85. The van der Waals surface area contributed by atoms with Gasteiger partial charge in [-0.25, -0.2) is 13.1 Å². The van der Waals surface area contributed by atoms with Crippen molar-refractivity contribution >= 4 is 15.8 Å². The summed E-state index contributed by atoms with van der Waals surface area (Å²) in [6.45, 7) is 0.497. The van der Waals surface area contributed by atoms with E-state index in [-0.39, 0.29) is 10.7 Å². The van der Waals surface area contributed by atoms with E-state index in [4.69, 9.17) is 5.73 Å². The first kappa shape index (κ1) is 10.4. The maximum absolute atomic E-state index is 11.8. The topological polar surface area (TPSA) is 90.0 Å². The van der Waals surface area contributed by atoms with Gasteiger partial charge in [0.1, 0.15) is 4.90 Å². The van der Waals surface area contributed by atoms with Gasteiger partial charge in [0.15, 0.2) is 5.82 Å². The van der Waals surface area contributed by atoms with Crippen LogP contribution in [-0.4, -0.2) is 24.7 Å². The van der Waals surface area contributed by atoms with E-state index in [1.165, 1.54) is 10.9 Å². The van der Waals surface area contributed by atoms with Crippen LogP contribution in [0.3, 0.4) is 0 Å². The van der Waals surface area contributed by atoms with Crippen LogP contribution in [0.4, 0.5) is 5.82 Å². The zero-order chi connectivity index (χ0) is 11.1. The maximum atomic E-state index is 11.8. The lowest BCUT2D eigenvalue weighted by Gasteiger charge is -2.03. The average molecular weight is 230 g/mol. The lowest BCUT2D eigenvalue weighted by Crippen LogP contribution is -2.26. The molecule has 0 amide bonds. The van der Waals surface area contributed by atoms with Crippen LogP contribution >= 0.6 is 0 Å². The number of sulfonamides is 1. The van der Waals surface area contributed by atoms with E-state index in [2.05, 4.69) is 9.82 Å². The Morgan fingerprint density at radius 2 is 2.33 bits per heavy atom. The molecule has 6 nitrogen and oxygen atoms in total. The van der Waals surface area contributed by atoms with Crippen molar-refractivity contribution in [1.29, 1.82) is 0 Å². The van der Waals surface area contributed by atoms with Gasteiger partial charge in [-0.1, -0.05) is 0 Å². The fraction of sp³-hybridized carbons (Fsp3) is 0.625. The number of nitrogens with zero attached hydrogens (tertiary/aromatic N) is 2. The summed E-state index contributed by atoms with van der Waals surface area (Å²) < 4.78 is 27.4. The molecule has 7 heteroatoms. The Bertz CT molecular complexity index is 461. The third kappa shape index (κ3) is 2.29. The SMILES string of the molecule is Cn1cc(S(=O)(=O)NCC2CC2)c(N)n1. The Labute approximate surface area is 88.5 Å². The number of rotatable bonds is 4. The van der Waals surface area contributed by atoms with Gasteiger partial charge in [0.25, 0.3) is 0 Å². The Morgan fingerprint density at radius 3 is 2.80 bits per heavy atom. The summed E-state index contributed by atoms with van der Waals surface area (Å²) in [5, 5.41) is 3.80. The largest absolute Gasteiger partial charge is 0.381 e. The minimum absolute atomic E-state index is 0.0424. The van der Waals surface area contributed by atoms with Gasteiger partial charge >= 0.3 is 0 Å². The molecule has 0 unspecified atom stereocenters. The highest BCUT2D eigenvalue weighted by Crippen LogP contribution is 2.28. The van der Waals surface area contributed by atoms with E-state index in [0.29, 0.717) is 12.5 Å². The Kier molecular flexibility index (Phi) is 2.43. The van der Waals surface area contributed by atoms with E-state index in [1.54, 1.807) is 7.05 Å². The molecule has 1 aromatic rings. The van der Waals surface area contributed by atoms with Gasteiger partial charge in [0.05, 0.1) is 0 Å². The number of nitrogen functional groups attached to an aromatic ring is 1. The normalized spacial score (nSPS) is 16.9. The smallest absolute Gasteiger partial charge is 0.245 e. The molecule has 1 fully saturated rings. The van der Waals surface area contributed by atoms with Crippen molar-refractivity contribution in [2.24, 2.45) is 13.0 Å². The van der Waals surface area contributed by atoms with Crippen LogP contribution in [0.25, 0.3) is 0 Å². The van der Waals surface area contributed by atoms with Crippen molar-refractivity contribution in [1.82, 2.24) is 14.5 Å². The van der Waals surface area contributed by atoms with Crippen LogP contribution in [-0.2, 0) is 17.1 Å². The first-order chi connectivity index (χ1) is 6.99. The van der Waals surface area contributed by atoms with E-state index in [9.17, 15) is 8.42 Å². The number of aryl methyl sites for hydroxylation is 1. The van der Waals surface area contributed by atoms with Crippen LogP contribution < -0.4 is 10.5 Å². The van der Waals surface area contributed by atoms with Gasteiger partial charge < -0.3 is 5.73 Å². The molecular formula is C8H14N4O2S. The Morgan fingerprint density at radius 1 is 1.67 bits per heavy atom. The molecule has 1 aromatic heterocycles. The van der Waals surface area contributed by atoms with Crippen molar-refractivity contribution in [2.75, 3.05) is 12.3 Å². The second-order valence-corrected chi connectivity index (χ2v) is 5.58. The summed E-state index contributed by atoms with van der Waals surface area (Å²) in [6, 6.07) is 0. The monoisotopic (exact) mass is 230 g/mol. The molecule has 0 radical (unpaired) electrons. The highest BCUT2D eigenvalue weighted by Gasteiger charge is 2.26. The molecule has 3 N–H and O–H groups in total. The lowest BCUT2D eigenvalue weighted by molar-refractivity contribution is 0.577. The lowest BCUT2D eigenvalue weighted by atomic mass is 10.4. The number of aromatic nitrogens is 2. The molecule has 1 aliphatic rings. The molecule has 1 aliphatic carbocycles. The molecular weight excluding hydrogens is 216 g/mol. The summed E-state index contributed by atoms with van der Waals surface area (Å²) in [4.78, 5) is 0.0608. The van der Waals surface area contributed by atoms with Gasteiger partial charge in [-0.2, -0.15) is 5.10 Å². The maximum Gasteiger partial charge on any atom is 0.245 e. The zero-order valence-electron chi connectivity index (χ0n) is 8.47. The highest BCUT2D eigenvalue weighted by atomic mass is 32.2. The van der Waals surface area contributed by atoms with Gasteiger partial charge in [-0.15, -0.1) is 0 Å². The summed E-state index contributed by atoms with van der Waals surface area (Å²) in [5.41, 5.74) is 5.50. The van der Waals surface area contributed by atoms with E-state index in [1.807, 2.05) is 0 Å². The number of anilines is 1. The van der Waals surface area contributed by atoms with Gasteiger partial charge in [0, 0.05) is 19.8 Å². The minimum atomic E-state index is -3.48. The summed E-state index contributed by atoms with van der Waals surface area (Å²) >= 11 is 0. The van der Waals surface area contributed by atoms with Gasteiger partial charge in [0.2, 0.25) is 10.0 Å². The molecule has 15 heavy (non-hydrogen) atoms. The van der Waals surface area contributed by atoms with Crippen molar-refractivity contribution < 1.29 is 8.42 Å². The zero-order valence-corrected chi connectivity index (χ0v) is 9.29. The molecule has 2 rings (SSSR count). The number of nitrogens with one attached hydrogen (secondary N) is 1. The van der Waals surface area contributed by atoms with Gasteiger partial charge in [-0.05, 0) is 18.8 Å². The molecule has 1 saturated carbocycles. The average Bonchev–Trinajstić information content (AvgIpc) is 2.89. The van der Waals surface area contributed by atoms with E-state index >= 15 is 0 Å². The number of hydrogen-bond acceptors (Lipinski definition) is 4. The predicted octanol–water partition coefficient (Wildman–Crippen LogP) is -0.309. The molecule has 0 bridgehead atoms. The van der Waals surface area contributed by atoms with Crippen LogP contribution in [0.15, 0.2) is 11.1 Å². The van der Waals surface area contributed by atoms with Crippen LogP contribution in [0.5, 0.6) is 0 Å². The predicted molar refractivity (Wildman–Crippen MR) is 55.5 cm³/mol. The standard InChI is InChI=1S/C8H14N4O2S/c1-12-5-7(8(9)11-12)15(13,14)10-4-6-2-3-6/h5-6,10H,2-4H2,1H3,(H2,9,11). The summed E-state index contributed by atoms with van der Waals surface area (Å²) in [6.07, 6.45) is 3.61. The number of nitrogens with two attached hydrogens (primary N) is 1. The van der Waals surface area contributed by atoms with Crippen molar-refractivity contribution in [2.45, 2.75) is 17.7 Å². The summed E-state index contributed by atoms with van der Waals surface area (Å²) in [7, 11) is -1.85. The van der Waals surface area contributed by atoms with Crippen LogP contribution in [0.1, 0.15) is 12.8 Å². The molecule has 0 saturated heterocycles. The molecule has 0 aliphatic heterocycles. The van der Waals surface area contributed by atoms with Gasteiger partial charge in [-0.3, -0.25) is 4.68 Å². The number of hydrogen-bond donors (Lipinski definition) is 2. The van der Waals surface area contributed by atoms with Crippen molar-refractivity contribution in [3.8, 4) is 0 Å². The Balaban J connectivity index is 2.16. The first-order valence-electron chi connectivity index (χ1n) is 4.78. The van der Waals surface area contributed by atoms with Crippen molar-refractivity contribution in [3.63, 3.8) is 0 Å². The molecule has 1 heterocycles. The fourth-order valence-electron chi connectivity index (χ4n) is 1.32. The minimum Gasteiger partial charge on any atom is -0.381 e. The summed E-state index contributed by atoms with van der Waals surface area (Å²) in [5.74, 6) is 0.540. The molecule has 84 valence electrons. The van der Waals surface area contributed by atoms with Crippen LogP contribution in [0, 0.1) is 5.92 Å². The first-order valence-corrected chi connectivity index (χ1v) is 6.26. The quantitative estimate of drug-likeness (QED) is 0.742. The Hall–Kier alpha value is -1.08. The molecule has 0 atom stereocenters. The van der Waals surface area contributed by atoms with Crippen molar-refractivity contribution in [3.05, 3.63) is 6.20 Å². The third-order valence-electron chi connectivity index (χ3n) is 2.37. The van der Waals surface area contributed by atoms with Crippen LogP contribution in [0.2, 0.25) is 0 Å². The highest BCUT2D eigenvalue weighted by molar-refractivity contribution is 7.89. The fourth-order valence-corrected chi connectivity index (χ4v) is 2.54. The van der Waals surface area contributed by atoms with E-state index < -0.39 is 10.0 Å². The molecule has 0 spiro atoms. The van der Waals surface area contributed by atoms with E-state index in [0.717, 1.165) is 12.8 Å². The second kappa shape index (κ2) is 3.49. The third-order valence-corrected chi connectivity index (χ3v) is 3.81.